The Labute approximate surface area is 121 Å². The third-order valence-electron chi connectivity index (χ3n) is 3.82. The second kappa shape index (κ2) is 7.11. The minimum atomic E-state index is -0.271. The Morgan fingerprint density at radius 2 is 1.95 bits per heavy atom. The van der Waals surface area contributed by atoms with Crippen molar-refractivity contribution in [1.82, 2.24) is 4.90 Å². The maximum absolute atomic E-state index is 12.1. The third kappa shape index (κ3) is 3.61. The SMILES string of the molecule is CCOC(C)N(C(=O)CCl)C1=C(C)C(C)=C(C)CC1. The second-order valence-corrected chi connectivity index (χ2v) is 5.20. The summed E-state index contributed by atoms with van der Waals surface area (Å²) in [6.07, 6.45) is 1.59. The number of amides is 1. The molecule has 1 atom stereocenters. The van der Waals surface area contributed by atoms with E-state index in [-0.39, 0.29) is 18.0 Å². The van der Waals surface area contributed by atoms with E-state index in [4.69, 9.17) is 16.3 Å². The number of hydrogen-bond acceptors (Lipinski definition) is 2. The van der Waals surface area contributed by atoms with Crippen LogP contribution in [-0.2, 0) is 9.53 Å². The van der Waals surface area contributed by atoms with Gasteiger partial charge < -0.3 is 4.74 Å². The number of halogens is 1. The van der Waals surface area contributed by atoms with Gasteiger partial charge in [-0.15, -0.1) is 11.6 Å². The Balaban J connectivity index is 3.15. The molecule has 0 bridgehead atoms. The molecule has 19 heavy (non-hydrogen) atoms. The molecule has 1 amide bonds. The molecular weight excluding hydrogens is 262 g/mol. The van der Waals surface area contributed by atoms with Crippen LogP contribution in [0.15, 0.2) is 22.4 Å². The number of hydrogen-bond donors (Lipinski definition) is 0. The highest BCUT2D eigenvalue weighted by atomic mass is 35.5. The monoisotopic (exact) mass is 285 g/mol. The van der Waals surface area contributed by atoms with Gasteiger partial charge in [-0.3, -0.25) is 9.69 Å². The van der Waals surface area contributed by atoms with E-state index in [0.717, 1.165) is 18.5 Å². The zero-order valence-corrected chi connectivity index (χ0v) is 13.3. The zero-order chi connectivity index (χ0) is 14.6. The zero-order valence-electron chi connectivity index (χ0n) is 12.5. The molecule has 1 aliphatic carbocycles. The highest BCUT2D eigenvalue weighted by molar-refractivity contribution is 6.27. The largest absolute Gasteiger partial charge is 0.359 e. The second-order valence-electron chi connectivity index (χ2n) is 4.93. The lowest BCUT2D eigenvalue weighted by Gasteiger charge is -2.34. The van der Waals surface area contributed by atoms with Crippen LogP contribution in [0.3, 0.4) is 0 Å². The van der Waals surface area contributed by atoms with Crippen LogP contribution in [-0.4, -0.2) is 29.5 Å². The highest BCUT2D eigenvalue weighted by Gasteiger charge is 2.27. The van der Waals surface area contributed by atoms with Crippen molar-refractivity contribution in [2.45, 2.75) is 53.7 Å². The first kappa shape index (κ1) is 16.3. The van der Waals surface area contributed by atoms with Crippen molar-refractivity contribution in [3.05, 3.63) is 22.4 Å². The first-order valence-corrected chi connectivity index (χ1v) is 7.33. The molecule has 1 rings (SSSR count). The molecule has 0 spiro atoms. The van der Waals surface area contributed by atoms with Gasteiger partial charge in [-0.05, 0) is 58.6 Å². The van der Waals surface area contributed by atoms with Crippen molar-refractivity contribution in [1.29, 1.82) is 0 Å². The third-order valence-corrected chi connectivity index (χ3v) is 4.05. The predicted molar refractivity (Wildman–Crippen MR) is 79.0 cm³/mol. The summed E-state index contributed by atoms with van der Waals surface area (Å²) in [7, 11) is 0. The van der Waals surface area contributed by atoms with Crippen LogP contribution in [0, 0.1) is 0 Å². The molecule has 0 saturated carbocycles. The fraction of sp³-hybridized carbons (Fsp3) is 0.667. The smallest absolute Gasteiger partial charge is 0.243 e. The topological polar surface area (TPSA) is 29.5 Å². The van der Waals surface area contributed by atoms with Gasteiger partial charge in [-0.1, -0.05) is 5.57 Å². The summed E-state index contributed by atoms with van der Waals surface area (Å²) >= 11 is 5.74. The fourth-order valence-corrected chi connectivity index (χ4v) is 2.60. The quantitative estimate of drug-likeness (QED) is 0.567. The first-order chi connectivity index (χ1) is 8.93. The number of nitrogens with zero attached hydrogens (tertiary/aromatic N) is 1. The summed E-state index contributed by atoms with van der Waals surface area (Å²) in [4.78, 5) is 13.8. The van der Waals surface area contributed by atoms with Crippen molar-refractivity contribution in [3.63, 3.8) is 0 Å². The highest BCUT2D eigenvalue weighted by Crippen LogP contribution is 2.32. The molecule has 0 N–H and O–H groups in total. The Morgan fingerprint density at radius 1 is 1.32 bits per heavy atom. The number of alkyl halides is 1. The van der Waals surface area contributed by atoms with E-state index in [2.05, 4.69) is 20.8 Å². The summed E-state index contributed by atoms with van der Waals surface area (Å²) in [6.45, 7) is 10.7. The van der Waals surface area contributed by atoms with Crippen molar-refractivity contribution in [2.75, 3.05) is 12.5 Å². The molecule has 3 nitrogen and oxygen atoms in total. The van der Waals surface area contributed by atoms with Crippen molar-refractivity contribution in [3.8, 4) is 0 Å². The van der Waals surface area contributed by atoms with E-state index in [0.29, 0.717) is 6.61 Å². The fourth-order valence-electron chi connectivity index (χ4n) is 2.47. The van der Waals surface area contributed by atoms with Gasteiger partial charge in [0.25, 0.3) is 0 Å². The summed E-state index contributed by atoms with van der Waals surface area (Å²) in [5.41, 5.74) is 4.89. The molecule has 1 aliphatic rings. The van der Waals surface area contributed by atoms with Gasteiger partial charge in [0.15, 0.2) is 0 Å². The average molecular weight is 286 g/mol. The van der Waals surface area contributed by atoms with Crippen LogP contribution < -0.4 is 0 Å². The van der Waals surface area contributed by atoms with Gasteiger partial charge in [-0.2, -0.15) is 0 Å². The van der Waals surface area contributed by atoms with Crippen LogP contribution in [0.5, 0.6) is 0 Å². The molecule has 108 valence electrons. The molecule has 0 saturated heterocycles. The lowest BCUT2D eigenvalue weighted by atomic mass is 9.90. The molecule has 0 aliphatic heterocycles. The maximum Gasteiger partial charge on any atom is 0.243 e. The van der Waals surface area contributed by atoms with Crippen molar-refractivity contribution >= 4 is 17.5 Å². The van der Waals surface area contributed by atoms with Crippen LogP contribution in [0.1, 0.15) is 47.5 Å². The maximum atomic E-state index is 12.1. The van der Waals surface area contributed by atoms with E-state index < -0.39 is 0 Å². The molecule has 0 aromatic heterocycles. The predicted octanol–water partition coefficient (Wildman–Crippen LogP) is 3.84. The van der Waals surface area contributed by atoms with E-state index in [9.17, 15) is 4.79 Å². The lowest BCUT2D eigenvalue weighted by molar-refractivity contribution is -0.137. The molecule has 0 fully saturated rings. The van der Waals surface area contributed by atoms with E-state index >= 15 is 0 Å². The van der Waals surface area contributed by atoms with Crippen LogP contribution >= 0.6 is 11.6 Å². The first-order valence-electron chi connectivity index (χ1n) is 6.80. The summed E-state index contributed by atoms with van der Waals surface area (Å²) in [5, 5.41) is 0. The summed E-state index contributed by atoms with van der Waals surface area (Å²) < 4.78 is 5.59. The van der Waals surface area contributed by atoms with Crippen LogP contribution in [0.4, 0.5) is 0 Å². The molecule has 0 radical (unpaired) electrons. The van der Waals surface area contributed by atoms with Gasteiger partial charge in [0.2, 0.25) is 5.91 Å². The van der Waals surface area contributed by atoms with Crippen LogP contribution in [0.25, 0.3) is 0 Å². The standard InChI is InChI=1S/C15H24ClNO2/c1-6-19-13(5)17(15(18)9-16)14-8-7-10(2)11(3)12(14)4/h13H,6-9H2,1-5H3. The van der Waals surface area contributed by atoms with Gasteiger partial charge in [-0.25, -0.2) is 0 Å². The molecular formula is C15H24ClNO2. The van der Waals surface area contributed by atoms with Gasteiger partial charge in [0, 0.05) is 12.3 Å². The summed E-state index contributed by atoms with van der Waals surface area (Å²) in [6, 6.07) is 0. The minimum absolute atomic E-state index is 0.0179. The number of carbonyl (C=O) groups excluding carboxylic acids is 1. The van der Waals surface area contributed by atoms with Crippen LogP contribution in [0.2, 0.25) is 0 Å². The Hall–Kier alpha value is -0.800. The number of rotatable bonds is 5. The molecule has 1 unspecified atom stereocenters. The number of allylic oxidation sites excluding steroid dienone is 4. The Bertz CT molecular complexity index is 412. The Morgan fingerprint density at radius 3 is 2.47 bits per heavy atom. The molecule has 0 aromatic rings. The normalized spacial score (nSPS) is 17.8. The van der Waals surface area contributed by atoms with Crippen molar-refractivity contribution < 1.29 is 9.53 Å². The van der Waals surface area contributed by atoms with E-state index in [1.54, 1.807) is 4.90 Å². The Kier molecular flexibility index (Phi) is 6.08. The van der Waals surface area contributed by atoms with Gasteiger partial charge in [0.1, 0.15) is 12.1 Å². The molecule has 0 heterocycles. The van der Waals surface area contributed by atoms with Gasteiger partial charge >= 0.3 is 0 Å². The number of carbonyl (C=O) groups is 1. The van der Waals surface area contributed by atoms with E-state index in [1.165, 1.54) is 16.7 Å². The molecule has 4 heteroatoms. The number of ether oxygens (including phenoxy) is 1. The van der Waals surface area contributed by atoms with Crippen molar-refractivity contribution in [2.24, 2.45) is 0 Å². The average Bonchev–Trinajstić information content (AvgIpc) is 2.39. The minimum Gasteiger partial charge on any atom is -0.359 e. The molecule has 0 aromatic carbocycles. The van der Waals surface area contributed by atoms with E-state index in [1.807, 2.05) is 13.8 Å². The summed E-state index contributed by atoms with van der Waals surface area (Å²) in [5.74, 6) is -0.111. The van der Waals surface area contributed by atoms with Gasteiger partial charge in [0.05, 0.1) is 0 Å². The lowest BCUT2D eigenvalue weighted by Crippen LogP contribution is -2.41.